The lowest BCUT2D eigenvalue weighted by Crippen LogP contribution is -2.30. The number of allylic oxidation sites excluding steroid dienone is 1. The summed E-state index contributed by atoms with van der Waals surface area (Å²) in [6.45, 7) is 1.98. The van der Waals surface area contributed by atoms with Gasteiger partial charge in [-0.2, -0.15) is 5.10 Å². The van der Waals surface area contributed by atoms with Crippen molar-refractivity contribution in [1.82, 2.24) is 5.43 Å². The molecule has 1 aliphatic heterocycles. The van der Waals surface area contributed by atoms with Crippen molar-refractivity contribution in [3.8, 4) is 11.5 Å². The smallest absolute Gasteiger partial charge is 0.240 e. The van der Waals surface area contributed by atoms with Crippen molar-refractivity contribution in [1.29, 1.82) is 0 Å². The molecule has 1 aliphatic rings. The van der Waals surface area contributed by atoms with E-state index in [-0.39, 0.29) is 11.8 Å². The number of carbonyl (C=O) groups excluding carboxylic acids is 1. The zero-order valence-corrected chi connectivity index (χ0v) is 11.8. The standard InChI is InChI=1S/C15H18N2O3/c1-10-9-14(18)17-16-12(10)8-7-11-5-4-6-13(19-2)15(11)20-3/h4-8,10H,9H2,1-3H3,(H,17,18). The Morgan fingerprint density at radius 1 is 1.30 bits per heavy atom. The number of ether oxygens (including phenoxy) is 2. The number of hydrazone groups is 1. The maximum absolute atomic E-state index is 11.2. The largest absolute Gasteiger partial charge is 0.493 e. The highest BCUT2D eigenvalue weighted by atomic mass is 16.5. The summed E-state index contributed by atoms with van der Waals surface area (Å²) in [4.78, 5) is 11.2. The van der Waals surface area contributed by atoms with Gasteiger partial charge in [-0.1, -0.05) is 19.1 Å². The molecule has 0 radical (unpaired) electrons. The molecule has 0 aliphatic carbocycles. The van der Waals surface area contributed by atoms with Gasteiger partial charge in [0.2, 0.25) is 5.91 Å². The molecule has 1 aromatic rings. The fourth-order valence-electron chi connectivity index (χ4n) is 2.09. The van der Waals surface area contributed by atoms with Gasteiger partial charge in [0.15, 0.2) is 11.5 Å². The molecule has 0 aromatic heterocycles. The topological polar surface area (TPSA) is 59.9 Å². The number of methoxy groups -OCH3 is 2. The van der Waals surface area contributed by atoms with Gasteiger partial charge >= 0.3 is 0 Å². The first-order valence-corrected chi connectivity index (χ1v) is 6.41. The lowest BCUT2D eigenvalue weighted by atomic mass is 9.99. The van der Waals surface area contributed by atoms with E-state index >= 15 is 0 Å². The zero-order chi connectivity index (χ0) is 14.5. The van der Waals surface area contributed by atoms with E-state index in [0.717, 1.165) is 11.3 Å². The first-order chi connectivity index (χ1) is 9.65. The molecular formula is C15H18N2O3. The molecule has 1 atom stereocenters. The van der Waals surface area contributed by atoms with Gasteiger partial charge in [-0.25, -0.2) is 5.43 Å². The molecule has 1 heterocycles. The van der Waals surface area contributed by atoms with E-state index in [4.69, 9.17) is 9.47 Å². The van der Waals surface area contributed by atoms with Crippen LogP contribution in [-0.2, 0) is 4.79 Å². The summed E-state index contributed by atoms with van der Waals surface area (Å²) < 4.78 is 10.6. The summed E-state index contributed by atoms with van der Waals surface area (Å²) in [5.74, 6) is 1.42. The third-order valence-corrected chi connectivity index (χ3v) is 3.17. The molecule has 0 saturated heterocycles. The molecule has 106 valence electrons. The molecule has 1 aromatic carbocycles. The summed E-state index contributed by atoms with van der Waals surface area (Å²) in [5.41, 5.74) is 4.24. The average Bonchev–Trinajstić information content (AvgIpc) is 2.45. The summed E-state index contributed by atoms with van der Waals surface area (Å²) in [6, 6.07) is 5.68. The number of nitrogens with one attached hydrogen (secondary N) is 1. The van der Waals surface area contributed by atoms with Crippen LogP contribution in [0.2, 0.25) is 0 Å². The second-order valence-electron chi connectivity index (χ2n) is 4.59. The Morgan fingerprint density at radius 2 is 2.10 bits per heavy atom. The van der Waals surface area contributed by atoms with Gasteiger partial charge in [0.05, 0.1) is 19.9 Å². The molecule has 0 bridgehead atoms. The van der Waals surface area contributed by atoms with E-state index < -0.39 is 0 Å². The summed E-state index contributed by atoms with van der Waals surface area (Å²) in [6.07, 6.45) is 4.26. The molecule has 1 N–H and O–H groups in total. The van der Waals surface area contributed by atoms with E-state index in [1.807, 2.05) is 37.3 Å². The van der Waals surface area contributed by atoms with E-state index in [2.05, 4.69) is 10.5 Å². The van der Waals surface area contributed by atoms with Crippen LogP contribution in [0.15, 0.2) is 29.4 Å². The van der Waals surface area contributed by atoms with Gasteiger partial charge < -0.3 is 9.47 Å². The lowest BCUT2D eigenvalue weighted by Gasteiger charge is -2.16. The minimum absolute atomic E-state index is 0.0476. The SMILES string of the molecule is COc1cccc(C=CC2=NNC(=O)CC2C)c1OC. The van der Waals surface area contributed by atoms with Gasteiger partial charge in [0.1, 0.15) is 0 Å². The molecule has 2 rings (SSSR count). The Hall–Kier alpha value is -2.30. The first kappa shape index (κ1) is 14.1. The van der Waals surface area contributed by atoms with Crippen LogP contribution in [0.25, 0.3) is 6.08 Å². The molecule has 0 spiro atoms. The molecule has 1 unspecified atom stereocenters. The van der Waals surface area contributed by atoms with Gasteiger partial charge in [-0.3, -0.25) is 4.79 Å². The van der Waals surface area contributed by atoms with Crippen molar-refractivity contribution in [3.05, 3.63) is 29.8 Å². The summed E-state index contributed by atoms with van der Waals surface area (Å²) in [7, 11) is 3.21. The molecule has 0 saturated carbocycles. The van der Waals surface area contributed by atoms with Crippen molar-refractivity contribution in [3.63, 3.8) is 0 Å². The van der Waals surface area contributed by atoms with Crippen LogP contribution in [-0.4, -0.2) is 25.8 Å². The fourth-order valence-corrected chi connectivity index (χ4v) is 2.09. The van der Waals surface area contributed by atoms with Crippen molar-refractivity contribution in [2.75, 3.05) is 14.2 Å². The Kier molecular flexibility index (Phi) is 4.40. The average molecular weight is 274 g/mol. The third-order valence-electron chi connectivity index (χ3n) is 3.17. The Labute approximate surface area is 118 Å². The van der Waals surface area contributed by atoms with Crippen LogP contribution < -0.4 is 14.9 Å². The molecule has 5 heteroatoms. The number of hydrogen-bond acceptors (Lipinski definition) is 4. The first-order valence-electron chi connectivity index (χ1n) is 6.41. The van der Waals surface area contributed by atoms with Crippen LogP contribution in [0.4, 0.5) is 0 Å². The van der Waals surface area contributed by atoms with E-state index in [1.165, 1.54) is 0 Å². The van der Waals surface area contributed by atoms with E-state index in [1.54, 1.807) is 14.2 Å². The number of benzene rings is 1. The fraction of sp³-hybridized carbons (Fsp3) is 0.333. The highest BCUT2D eigenvalue weighted by molar-refractivity contribution is 6.03. The van der Waals surface area contributed by atoms with E-state index in [0.29, 0.717) is 17.9 Å². The molecule has 20 heavy (non-hydrogen) atoms. The van der Waals surface area contributed by atoms with Crippen molar-refractivity contribution < 1.29 is 14.3 Å². The maximum atomic E-state index is 11.2. The Bertz CT molecular complexity index is 564. The van der Waals surface area contributed by atoms with Crippen LogP contribution in [0, 0.1) is 5.92 Å². The summed E-state index contributed by atoms with van der Waals surface area (Å²) in [5, 5.41) is 4.06. The monoisotopic (exact) mass is 274 g/mol. The number of amides is 1. The van der Waals surface area contributed by atoms with Gasteiger partial charge in [-0.15, -0.1) is 0 Å². The number of para-hydroxylation sites is 1. The van der Waals surface area contributed by atoms with Gasteiger partial charge in [0.25, 0.3) is 0 Å². The number of hydrogen-bond donors (Lipinski definition) is 1. The van der Waals surface area contributed by atoms with Crippen LogP contribution in [0.1, 0.15) is 18.9 Å². The molecule has 5 nitrogen and oxygen atoms in total. The quantitative estimate of drug-likeness (QED) is 0.916. The van der Waals surface area contributed by atoms with Crippen molar-refractivity contribution in [2.24, 2.45) is 11.0 Å². The highest BCUT2D eigenvalue weighted by Crippen LogP contribution is 2.31. The minimum atomic E-state index is -0.0476. The van der Waals surface area contributed by atoms with Crippen molar-refractivity contribution >= 4 is 17.7 Å². The zero-order valence-electron chi connectivity index (χ0n) is 11.8. The van der Waals surface area contributed by atoms with Crippen molar-refractivity contribution in [2.45, 2.75) is 13.3 Å². The second kappa shape index (κ2) is 6.23. The third kappa shape index (κ3) is 2.99. The predicted octanol–water partition coefficient (Wildman–Crippen LogP) is 2.23. The van der Waals surface area contributed by atoms with Crippen LogP contribution in [0.3, 0.4) is 0 Å². The van der Waals surface area contributed by atoms with Gasteiger partial charge in [0, 0.05) is 17.9 Å². The predicted molar refractivity (Wildman–Crippen MR) is 77.9 cm³/mol. The normalized spacial score (nSPS) is 18.6. The number of carbonyl (C=O) groups is 1. The Morgan fingerprint density at radius 3 is 2.75 bits per heavy atom. The van der Waals surface area contributed by atoms with Crippen LogP contribution in [0.5, 0.6) is 11.5 Å². The van der Waals surface area contributed by atoms with E-state index in [9.17, 15) is 4.79 Å². The molecular weight excluding hydrogens is 256 g/mol. The second-order valence-corrected chi connectivity index (χ2v) is 4.59. The lowest BCUT2D eigenvalue weighted by molar-refractivity contribution is -0.121. The molecule has 1 amide bonds. The number of nitrogens with zero attached hydrogens (tertiary/aromatic N) is 1. The minimum Gasteiger partial charge on any atom is -0.493 e. The van der Waals surface area contributed by atoms with Crippen LogP contribution >= 0.6 is 0 Å². The Balaban J connectivity index is 2.26. The maximum Gasteiger partial charge on any atom is 0.240 e. The molecule has 0 fully saturated rings. The summed E-state index contributed by atoms with van der Waals surface area (Å²) >= 11 is 0. The highest BCUT2D eigenvalue weighted by Gasteiger charge is 2.18. The number of rotatable bonds is 4. The van der Waals surface area contributed by atoms with Gasteiger partial charge in [-0.05, 0) is 18.2 Å².